The van der Waals surface area contributed by atoms with Crippen molar-refractivity contribution in [2.24, 2.45) is 0 Å². The third kappa shape index (κ3) is 3.02. The highest BCUT2D eigenvalue weighted by atomic mass is 16.5. The van der Waals surface area contributed by atoms with Crippen molar-refractivity contribution in [2.75, 3.05) is 0 Å². The Morgan fingerprint density at radius 2 is 1.67 bits per heavy atom. The van der Waals surface area contributed by atoms with E-state index in [0.717, 1.165) is 5.56 Å². The standard InChI is InChI=1S/C16H14N2O3/c1-10-2-4-11(5-3-10)6-15-17-16(21-18-15)12-7-13(19)9-14(20)8-12/h2-5,7-9,19-20H,6H2,1H3. The first-order valence-corrected chi connectivity index (χ1v) is 6.52. The van der Waals surface area contributed by atoms with Gasteiger partial charge in [-0.15, -0.1) is 0 Å². The summed E-state index contributed by atoms with van der Waals surface area (Å²) in [7, 11) is 0. The molecule has 2 N–H and O–H groups in total. The minimum absolute atomic E-state index is 0.0525. The molecule has 21 heavy (non-hydrogen) atoms. The highest BCUT2D eigenvalue weighted by molar-refractivity contribution is 5.58. The molecule has 0 amide bonds. The van der Waals surface area contributed by atoms with Gasteiger partial charge >= 0.3 is 0 Å². The summed E-state index contributed by atoms with van der Waals surface area (Å²) in [5, 5.41) is 22.9. The molecule has 106 valence electrons. The SMILES string of the molecule is Cc1ccc(Cc2noc(-c3cc(O)cc(O)c3)n2)cc1. The zero-order valence-electron chi connectivity index (χ0n) is 11.4. The third-order valence-electron chi connectivity index (χ3n) is 3.10. The van der Waals surface area contributed by atoms with E-state index in [0.29, 0.717) is 17.8 Å². The predicted molar refractivity (Wildman–Crippen MR) is 77.0 cm³/mol. The Balaban J connectivity index is 1.84. The molecular weight excluding hydrogens is 268 g/mol. The average molecular weight is 282 g/mol. The van der Waals surface area contributed by atoms with Crippen molar-refractivity contribution >= 4 is 0 Å². The van der Waals surface area contributed by atoms with Gasteiger partial charge in [0.15, 0.2) is 5.82 Å². The Morgan fingerprint density at radius 1 is 1.00 bits per heavy atom. The summed E-state index contributed by atoms with van der Waals surface area (Å²) in [5.41, 5.74) is 2.77. The summed E-state index contributed by atoms with van der Waals surface area (Å²) in [6, 6.07) is 12.3. The van der Waals surface area contributed by atoms with Crippen LogP contribution in [0.2, 0.25) is 0 Å². The lowest BCUT2D eigenvalue weighted by Gasteiger charge is -1.98. The van der Waals surface area contributed by atoms with Gasteiger partial charge in [0.2, 0.25) is 0 Å². The van der Waals surface area contributed by atoms with Crippen LogP contribution in [0.5, 0.6) is 11.5 Å². The van der Waals surface area contributed by atoms with E-state index in [1.807, 2.05) is 31.2 Å². The van der Waals surface area contributed by atoms with Gasteiger partial charge < -0.3 is 14.7 Å². The van der Waals surface area contributed by atoms with Crippen LogP contribution in [-0.2, 0) is 6.42 Å². The van der Waals surface area contributed by atoms with Crippen molar-refractivity contribution in [3.8, 4) is 23.0 Å². The number of rotatable bonds is 3. The molecule has 0 aliphatic heterocycles. The number of hydrogen-bond acceptors (Lipinski definition) is 5. The van der Waals surface area contributed by atoms with E-state index in [1.165, 1.54) is 23.8 Å². The first kappa shape index (κ1) is 13.2. The normalized spacial score (nSPS) is 10.7. The molecule has 0 atom stereocenters. The van der Waals surface area contributed by atoms with Gasteiger partial charge in [-0.3, -0.25) is 0 Å². The first-order valence-electron chi connectivity index (χ1n) is 6.52. The molecule has 0 aliphatic carbocycles. The van der Waals surface area contributed by atoms with Crippen LogP contribution in [0.15, 0.2) is 47.0 Å². The van der Waals surface area contributed by atoms with E-state index < -0.39 is 0 Å². The van der Waals surface area contributed by atoms with Gasteiger partial charge in [0.25, 0.3) is 5.89 Å². The summed E-state index contributed by atoms with van der Waals surface area (Å²) in [6.45, 7) is 2.03. The van der Waals surface area contributed by atoms with Crippen LogP contribution in [0, 0.1) is 6.92 Å². The number of hydrogen-bond donors (Lipinski definition) is 2. The molecule has 5 heteroatoms. The Labute approximate surface area is 121 Å². The fraction of sp³-hybridized carbons (Fsp3) is 0.125. The van der Waals surface area contributed by atoms with Crippen molar-refractivity contribution in [3.63, 3.8) is 0 Å². The number of aromatic nitrogens is 2. The molecule has 0 bridgehead atoms. The third-order valence-corrected chi connectivity index (χ3v) is 3.10. The molecule has 5 nitrogen and oxygen atoms in total. The Hall–Kier alpha value is -2.82. The van der Waals surface area contributed by atoms with E-state index in [4.69, 9.17) is 4.52 Å². The topological polar surface area (TPSA) is 79.4 Å². The Kier molecular flexibility index (Phi) is 3.31. The van der Waals surface area contributed by atoms with Crippen molar-refractivity contribution in [3.05, 3.63) is 59.4 Å². The van der Waals surface area contributed by atoms with E-state index in [2.05, 4.69) is 10.1 Å². The largest absolute Gasteiger partial charge is 0.508 e. The molecule has 1 aromatic heterocycles. The van der Waals surface area contributed by atoms with Crippen LogP contribution in [0.25, 0.3) is 11.5 Å². The lowest BCUT2D eigenvalue weighted by atomic mass is 10.1. The van der Waals surface area contributed by atoms with Crippen molar-refractivity contribution < 1.29 is 14.7 Å². The minimum atomic E-state index is -0.0525. The molecule has 0 aliphatic rings. The predicted octanol–water partition coefficient (Wildman–Crippen LogP) is 3.05. The lowest BCUT2D eigenvalue weighted by Crippen LogP contribution is -1.90. The van der Waals surface area contributed by atoms with Crippen LogP contribution in [0.4, 0.5) is 0 Å². The number of phenolic OH excluding ortho intramolecular Hbond substituents is 2. The van der Waals surface area contributed by atoms with Gasteiger partial charge in [0.1, 0.15) is 11.5 Å². The zero-order chi connectivity index (χ0) is 14.8. The molecule has 0 saturated heterocycles. The number of nitrogens with zero attached hydrogens (tertiary/aromatic N) is 2. The first-order chi connectivity index (χ1) is 10.1. The number of phenols is 2. The Morgan fingerprint density at radius 3 is 2.33 bits per heavy atom. The second-order valence-corrected chi connectivity index (χ2v) is 4.92. The molecule has 3 rings (SSSR count). The second-order valence-electron chi connectivity index (χ2n) is 4.92. The summed E-state index contributed by atoms with van der Waals surface area (Å²) >= 11 is 0. The summed E-state index contributed by atoms with van der Waals surface area (Å²) in [6.07, 6.45) is 0.564. The highest BCUT2D eigenvalue weighted by Crippen LogP contribution is 2.27. The maximum absolute atomic E-state index is 9.47. The molecule has 0 radical (unpaired) electrons. The molecule has 0 saturated carbocycles. The zero-order valence-corrected chi connectivity index (χ0v) is 11.4. The number of benzene rings is 2. The summed E-state index contributed by atoms with van der Waals surface area (Å²) in [4.78, 5) is 4.28. The molecule has 0 unspecified atom stereocenters. The Bertz CT molecular complexity index is 743. The maximum atomic E-state index is 9.47. The smallest absolute Gasteiger partial charge is 0.258 e. The van der Waals surface area contributed by atoms with Gasteiger partial charge in [0.05, 0.1) is 0 Å². The fourth-order valence-electron chi connectivity index (χ4n) is 2.05. The van der Waals surface area contributed by atoms with Crippen LogP contribution < -0.4 is 0 Å². The van der Waals surface area contributed by atoms with Crippen LogP contribution >= 0.6 is 0 Å². The number of aromatic hydroxyl groups is 2. The van der Waals surface area contributed by atoms with E-state index in [9.17, 15) is 10.2 Å². The van der Waals surface area contributed by atoms with Gasteiger partial charge in [0, 0.05) is 18.1 Å². The van der Waals surface area contributed by atoms with Gasteiger partial charge in [-0.25, -0.2) is 0 Å². The summed E-state index contributed by atoms with van der Waals surface area (Å²) in [5.74, 6) is 0.714. The van der Waals surface area contributed by atoms with Crippen molar-refractivity contribution in [1.82, 2.24) is 10.1 Å². The lowest BCUT2D eigenvalue weighted by molar-refractivity contribution is 0.421. The molecule has 0 spiro atoms. The van der Waals surface area contributed by atoms with Crippen molar-refractivity contribution in [1.29, 1.82) is 0 Å². The average Bonchev–Trinajstić information content (AvgIpc) is 2.89. The summed E-state index contributed by atoms with van der Waals surface area (Å²) < 4.78 is 5.17. The van der Waals surface area contributed by atoms with E-state index in [-0.39, 0.29) is 17.4 Å². The quantitative estimate of drug-likeness (QED) is 0.771. The van der Waals surface area contributed by atoms with Crippen LogP contribution in [-0.4, -0.2) is 20.4 Å². The monoisotopic (exact) mass is 282 g/mol. The fourth-order valence-corrected chi connectivity index (χ4v) is 2.05. The molecule has 0 fully saturated rings. The molecular formula is C16H14N2O3. The minimum Gasteiger partial charge on any atom is -0.508 e. The van der Waals surface area contributed by atoms with E-state index in [1.54, 1.807) is 0 Å². The van der Waals surface area contributed by atoms with Crippen molar-refractivity contribution in [2.45, 2.75) is 13.3 Å². The van der Waals surface area contributed by atoms with Gasteiger partial charge in [-0.05, 0) is 24.6 Å². The van der Waals surface area contributed by atoms with Gasteiger partial charge in [-0.1, -0.05) is 35.0 Å². The number of aryl methyl sites for hydroxylation is 1. The molecule has 2 aromatic carbocycles. The molecule has 1 heterocycles. The molecule has 3 aromatic rings. The van der Waals surface area contributed by atoms with Crippen LogP contribution in [0.1, 0.15) is 17.0 Å². The maximum Gasteiger partial charge on any atom is 0.258 e. The second kappa shape index (κ2) is 5.28. The van der Waals surface area contributed by atoms with Gasteiger partial charge in [-0.2, -0.15) is 4.98 Å². The van der Waals surface area contributed by atoms with Crippen LogP contribution in [0.3, 0.4) is 0 Å². The highest BCUT2D eigenvalue weighted by Gasteiger charge is 2.11. The van der Waals surface area contributed by atoms with E-state index >= 15 is 0 Å².